The number of nitro benzene ring substituents is 1. The molecule has 1 N–H and O–H groups in total. The maximum Gasteiger partial charge on any atom is 0.270 e. The minimum atomic E-state index is -0.311. The van der Waals surface area contributed by atoms with Crippen molar-refractivity contribution in [2.45, 2.75) is 25.3 Å². The van der Waals surface area contributed by atoms with Gasteiger partial charge in [0, 0.05) is 36.1 Å². The molecule has 5 nitrogen and oxygen atoms in total. The molecule has 23 heavy (non-hydrogen) atoms. The van der Waals surface area contributed by atoms with Gasteiger partial charge in [-0.3, -0.25) is 15.1 Å². The van der Waals surface area contributed by atoms with Gasteiger partial charge in [-0.05, 0) is 42.0 Å². The molecule has 0 saturated carbocycles. The van der Waals surface area contributed by atoms with Crippen LogP contribution >= 0.6 is 0 Å². The Morgan fingerprint density at radius 1 is 1.39 bits per heavy atom. The molecule has 2 heterocycles. The van der Waals surface area contributed by atoms with Gasteiger partial charge in [-0.15, -0.1) is 0 Å². The normalized spacial score (nSPS) is 24.7. The van der Waals surface area contributed by atoms with E-state index >= 15 is 0 Å². The van der Waals surface area contributed by atoms with Crippen molar-refractivity contribution in [3.05, 3.63) is 75.6 Å². The fourth-order valence-corrected chi connectivity index (χ4v) is 3.86. The first-order valence-electron chi connectivity index (χ1n) is 7.77. The van der Waals surface area contributed by atoms with E-state index in [1.165, 1.54) is 0 Å². The summed E-state index contributed by atoms with van der Waals surface area (Å²) < 4.78 is 0. The summed E-state index contributed by atoms with van der Waals surface area (Å²) in [6, 6.07) is 7.59. The third-order valence-corrected chi connectivity index (χ3v) is 4.91. The zero-order valence-corrected chi connectivity index (χ0v) is 12.8. The SMILES string of the molecule is Cc1cc([N+](=O)[O-])cc2c1N[C@@H](c1cccnc1)[C@H]1CC=C[C@H]21. The number of rotatable bonds is 2. The van der Waals surface area contributed by atoms with Crippen LogP contribution in [0, 0.1) is 23.0 Å². The summed E-state index contributed by atoms with van der Waals surface area (Å²) in [5, 5.41) is 14.8. The molecule has 4 rings (SSSR count). The van der Waals surface area contributed by atoms with Crippen molar-refractivity contribution in [2.75, 3.05) is 5.32 Å². The molecule has 0 fully saturated rings. The van der Waals surface area contributed by atoms with E-state index in [9.17, 15) is 10.1 Å². The molecule has 2 aromatic rings. The number of pyridine rings is 1. The summed E-state index contributed by atoms with van der Waals surface area (Å²) in [6.07, 6.45) is 9.02. The molecule has 0 radical (unpaired) electrons. The van der Waals surface area contributed by atoms with Crippen LogP contribution in [0.1, 0.15) is 35.1 Å². The van der Waals surface area contributed by atoms with Crippen LogP contribution in [0.4, 0.5) is 11.4 Å². The summed E-state index contributed by atoms with van der Waals surface area (Å²) in [4.78, 5) is 15.1. The molecule has 1 aromatic carbocycles. The number of nitrogens with one attached hydrogen (secondary N) is 1. The minimum Gasteiger partial charge on any atom is -0.377 e. The molecule has 0 bridgehead atoms. The number of non-ortho nitro benzene ring substituents is 1. The third kappa shape index (κ3) is 2.20. The van der Waals surface area contributed by atoms with E-state index in [-0.39, 0.29) is 22.6 Å². The molecule has 0 unspecified atom stereocenters. The predicted molar refractivity (Wildman–Crippen MR) is 88.4 cm³/mol. The third-order valence-electron chi connectivity index (χ3n) is 4.91. The average molecular weight is 307 g/mol. The lowest BCUT2D eigenvalue weighted by atomic mass is 9.76. The van der Waals surface area contributed by atoms with Crippen molar-refractivity contribution >= 4 is 11.4 Å². The standard InChI is InChI=1S/C18H17N3O2/c1-11-8-13(21(22)23)9-16-14-5-2-6-15(14)18(20-17(11)16)12-4-3-7-19-10-12/h2-5,7-10,14-15,18,20H,6H2,1H3/t14-,15-,18-/m0/s1. The predicted octanol–water partition coefficient (Wildman–Crippen LogP) is 4.12. The summed E-state index contributed by atoms with van der Waals surface area (Å²) in [5.74, 6) is 0.586. The Balaban J connectivity index is 1.84. The number of aryl methyl sites for hydroxylation is 1. The summed E-state index contributed by atoms with van der Waals surface area (Å²) in [6.45, 7) is 1.93. The minimum absolute atomic E-state index is 0.168. The van der Waals surface area contributed by atoms with E-state index in [4.69, 9.17) is 0 Å². The molecular weight excluding hydrogens is 290 g/mol. The molecule has 1 aliphatic carbocycles. The van der Waals surface area contributed by atoms with E-state index in [0.717, 1.165) is 28.8 Å². The van der Waals surface area contributed by atoms with Crippen molar-refractivity contribution in [3.63, 3.8) is 0 Å². The van der Waals surface area contributed by atoms with E-state index in [0.29, 0.717) is 5.92 Å². The highest BCUT2D eigenvalue weighted by atomic mass is 16.6. The highest BCUT2D eigenvalue weighted by Gasteiger charge is 2.39. The molecule has 0 spiro atoms. The molecule has 116 valence electrons. The molecule has 1 aromatic heterocycles. The number of benzene rings is 1. The van der Waals surface area contributed by atoms with Crippen molar-refractivity contribution in [3.8, 4) is 0 Å². The number of fused-ring (bicyclic) bond motifs is 3. The number of hydrogen-bond acceptors (Lipinski definition) is 4. The first-order chi connectivity index (χ1) is 11.1. The maximum absolute atomic E-state index is 11.2. The fraction of sp³-hybridized carbons (Fsp3) is 0.278. The Labute approximate surface area is 134 Å². The Morgan fingerprint density at radius 2 is 2.26 bits per heavy atom. The molecule has 0 amide bonds. The van der Waals surface area contributed by atoms with Crippen LogP contribution in [0.2, 0.25) is 0 Å². The van der Waals surface area contributed by atoms with Gasteiger partial charge in [0.25, 0.3) is 5.69 Å². The zero-order valence-electron chi connectivity index (χ0n) is 12.8. The molecule has 3 atom stereocenters. The summed E-state index contributed by atoms with van der Waals surface area (Å²) in [7, 11) is 0. The summed E-state index contributed by atoms with van der Waals surface area (Å²) >= 11 is 0. The Hall–Kier alpha value is -2.69. The smallest absolute Gasteiger partial charge is 0.270 e. The van der Waals surface area contributed by atoms with Crippen LogP contribution in [-0.4, -0.2) is 9.91 Å². The lowest BCUT2D eigenvalue weighted by Crippen LogP contribution is -2.29. The molecule has 2 aliphatic rings. The topological polar surface area (TPSA) is 68.1 Å². The Bertz CT molecular complexity index is 801. The largest absolute Gasteiger partial charge is 0.377 e. The molecule has 1 aliphatic heterocycles. The monoisotopic (exact) mass is 307 g/mol. The highest BCUT2D eigenvalue weighted by molar-refractivity contribution is 5.67. The zero-order chi connectivity index (χ0) is 16.0. The molecular formula is C18H17N3O2. The van der Waals surface area contributed by atoms with E-state index in [1.54, 1.807) is 18.3 Å². The number of hydrogen-bond donors (Lipinski definition) is 1. The van der Waals surface area contributed by atoms with Gasteiger partial charge in [-0.25, -0.2) is 0 Å². The second-order valence-electron chi connectivity index (χ2n) is 6.25. The van der Waals surface area contributed by atoms with Crippen molar-refractivity contribution in [1.29, 1.82) is 0 Å². The van der Waals surface area contributed by atoms with E-state index in [2.05, 4.69) is 28.5 Å². The average Bonchev–Trinajstić information content (AvgIpc) is 3.04. The van der Waals surface area contributed by atoms with Crippen LogP contribution in [-0.2, 0) is 0 Å². The van der Waals surface area contributed by atoms with Crippen molar-refractivity contribution in [2.24, 2.45) is 5.92 Å². The van der Waals surface area contributed by atoms with Gasteiger partial charge < -0.3 is 5.32 Å². The first kappa shape index (κ1) is 13.9. The van der Waals surface area contributed by atoms with Crippen molar-refractivity contribution in [1.82, 2.24) is 4.98 Å². The second-order valence-corrected chi connectivity index (χ2v) is 6.25. The molecule has 5 heteroatoms. The van der Waals surface area contributed by atoms with Gasteiger partial charge in [-0.2, -0.15) is 0 Å². The van der Waals surface area contributed by atoms with Gasteiger partial charge in [-0.1, -0.05) is 18.2 Å². The maximum atomic E-state index is 11.2. The van der Waals surface area contributed by atoms with Crippen LogP contribution in [0.5, 0.6) is 0 Å². The van der Waals surface area contributed by atoms with Gasteiger partial charge >= 0.3 is 0 Å². The lowest BCUT2D eigenvalue weighted by Gasteiger charge is -2.38. The van der Waals surface area contributed by atoms with E-state index in [1.807, 2.05) is 19.2 Å². The second kappa shape index (κ2) is 5.19. The number of nitrogens with zero attached hydrogens (tertiary/aromatic N) is 2. The molecule has 0 saturated heterocycles. The van der Waals surface area contributed by atoms with Gasteiger partial charge in [0.2, 0.25) is 0 Å². The lowest BCUT2D eigenvalue weighted by molar-refractivity contribution is -0.385. The number of anilines is 1. The van der Waals surface area contributed by atoms with Gasteiger partial charge in [0.1, 0.15) is 0 Å². The summed E-state index contributed by atoms with van der Waals surface area (Å²) in [5.41, 5.74) is 4.31. The number of aromatic nitrogens is 1. The number of nitro groups is 1. The van der Waals surface area contributed by atoms with Crippen molar-refractivity contribution < 1.29 is 4.92 Å². The fourth-order valence-electron chi connectivity index (χ4n) is 3.86. The highest BCUT2D eigenvalue weighted by Crippen LogP contribution is 2.51. The van der Waals surface area contributed by atoms with Crippen LogP contribution in [0.25, 0.3) is 0 Å². The Kier molecular flexibility index (Phi) is 3.15. The Morgan fingerprint density at radius 3 is 3.00 bits per heavy atom. The van der Waals surface area contributed by atoms with Gasteiger partial charge in [0.15, 0.2) is 0 Å². The number of allylic oxidation sites excluding steroid dienone is 2. The van der Waals surface area contributed by atoms with E-state index < -0.39 is 0 Å². The van der Waals surface area contributed by atoms with Crippen LogP contribution < -0.4 is 5.32 Å². The first-order valence-corrected chi connectivity index (χ1v) is 7.77. The quantitative estimate of drug-likeness (QED) is 0.514. The van der Waals surface area contributed by atoms with Crippen LogP contribution in [0.15, 0.2) is 48.8 Å². The van der Waals surface area contributed by atoms with Gasteiger partial charge in [0.05, 0.1) is 11.0 Å². The van der Waals surface area contributed by atoms with Crippen LogP contribution in [0.3, 0.4) is 0 Å².